The summed E-state index contributed by atoms with van der Waals surface area (Å²) in [5.74, 6) is -4.19. The van der Waals surface area contributed by atoms with Crippen molar-refractivity contribution in [2.24, 2.45) is 11.7 Å². The fourth-order valence-corrected chi connectivity index (χ4v) is 3.72. The number of nitrogens with two attached hydrogens (primary N) is 1. The normalized spacial score (nSPS) is 21.4. The van der Waals surface area contributed by atoms with Crippen LogP contribution in [0.5, 0.6) is 0 Å². The molecule has 0 aromatic rings. The van der Waals surface area contributed by atoms with E-state index in [-0.39, 0.29) is 18.1 Å². The number of carbonyl (C=O) groups excluding carboxylic acids is 5. The molecule has 0 radical (unpaired) electrons. The molecule has 1 saturated heterocycles. The highest BCUT2D eigenvalue weighted by Crippen LogP contribution is 2.30. The lowest BCUT2D eigenvalue weighted by atomic mass is 10.0. The van der Waals surface area contributed by atoms with Gasteiger partial charge in [-0.1, -0.05) is 19.9 Å². The third-order valence-corrected chi connectivity index (χ3v) is 5.05. The lowest BCUT2D eigenvalue weighted by Gasteiger charge is -2.31. The fourth-order valence-electron chi connectivity index (χ4n) is 3.72. The molecule has 2 bridgehead atoms. The first kappa shape index (κ1) is 26.0. The van der Waals surface area contributed by atoms with E-state index >= 15 is 0 Å². The molecule has 33 heavy (non-hydrogen) atoms. The number of fused-ring (bicyclic) bond motifs is 2. The van der Waals surface area contributed by atoms with Gasteiger partial charge in [0.1, 0.15) is 12.1 Å². The molecule has 2 rings (SSSR count). The van der Waals surface area contributed by atoms with Crippen LogP contribution in [0.15, 0.2) is 11.6 Å². The van der Waals surface area contributed by atoms with E-state index in [2.05, 4.69) is 4.74 Å². The molecule has 14 heteroatoms. The number of nitrogens with zero attached hydrogens (tertiary/aromatic N) is 3. The van der Waals surface area contributed by atoms with Gasteiger partial charge in [-0.2, -0.15) is 5.06 Å². The average Bonchev–Trinajstić information content (AvgIpc) is 2.95. The zero-order chi connectivity index (χ0) is 25.0. The van der Waals surface area contributed by atoms with Crippen LogP contribution in [0.2, 0.25) is 0 Å². The topological polar surface area (TPSA) is 169 Å². The van der Waals surface area contributed by atoms with E-state index in [0.717, 1.165) is 4.90 Å². The lowest BCUT2D eigenvalue weighted by molar-refractivity contribution is -0.216. The van der Waals surface area contributed by atoms with Crippen molar-refractivity contribution in [3.8, 4) is 0 Å². The predicted molar refractivity (Wildman–Crippen MR) is 106 cm³/mol. The Kier molecular flexibility index (Phi) is 8.33. The summed E-state index contributed by atoms with van der Waals surface area (Å²) >= 11 is 0. The quantitative estimate of drug-likeness (QED) is 0.257. The second-order valence-electron chi connectivity index (χ2n) is 7.65. The number of esters is 1. The molecule has 0 aromatic carbocycles. The first-order valence-electron chi connectivity index (χ1n) is 10.1. The van der Waals surface area contributed by atoms with Crippen LogP contribution in [-0.4, -0.2) is 94.3 Å². The van der Waals surface area contributed by atoms with Crippen molar-refractivity contribution in [1.29, 1.82) is 0 Å². The van der Waals surface area contributed by atoms with Gasteiger partial charge in [0.25, 0.3) is 5.91 Å². The maximum absolute atomic E-state index is 15.0. The van der Waals surface area contributed by atoms with Crippen molar-refractivity contribution in [3.63, 3.8) is 0 Å². The SMILES string of the molecule is CCOC(=O)C(C(C)C)N(C(=O)OCO)C(=O)[C@@H](F)ON1C(=O)N2C[C@H]1C=C(C)[C@H]2C(N)=O. The smallest absolute Gasteiger partial charge is 0.419 e. The Morgan fingerprint density at radius 3 is 2.45 bits per heavy atom. The maximum atomic E-state index is 15.0. The molecule has 1 fully saturated rings. The van der Waals surface area contributed by atoms with E-state index in [9.17, 15) is 28.4 Å². The number of primary amides is 1. The third kappa shape index (κ3) is 5.22. The minimum absolute atomic E-state index is 0.0433. The zero-order valence-electron chi connectivity index (χ0n) is 18.6. The van der Waals surface area contributed by atoms with Crippen LogP contribution >= 0.6 is 0 Å². The Morgan fingerprint density at radius 1 is 1.30 bits per heavy atom. The number of amides is 5. The molecular formula is C19H27FN4O9. The first-order valence-corrected chi connectivity index (χ1v) is 10.1. The zero-order valence-corrected chi connectivity index (χ0v) is 18.6. The molecule has 3 N–H and O–H groups in total. The van der Waals surface area contributed by atoms with Gasteiger partial charge in [-0.25, -0.2) is 28.5 Å². The second kappa shape index (κ2) is 10.6. The van der Waals surface area contributed by atoms with E-state index in [1.54, 1.807) is 6.92 Å². The molecule has 4 atom stereocenters. The summed E-state index contributed by atoms with van der Waals surface area (Å²) < 4.78 is 24.3. The highest BCUT2D eigenvalue weighted by molar-refractivity contribution is 5.98. The minimum Gasteiger partial charge on any atom is -0.464 e. The molecule has 0 saturated carbocycles. The molecule has 2 aliphatic heterocycles. The van der Waals surface area contributed by atoms with Gasteiger partial charge in [0.2, 0.25) is 5.91 Å². The molecule has 184 valence electrons. The van der Waals surface area contributed by atoms with E-state index in [1.165, 1.54) is 26.8 Å². The Morgan fingerprint density at radius 2 is 1.94 bits per heavy atom. The van der Waals surface area contributed by atoms with Gasteiger partial charge < -0.3 is 25.2 Å². The number of imide groups is 1. The Bertz CT molecular complexity index is 849. The van der Waals surface area contributed by atoms with Crippen LogP contribution in [0.3, 0.4) is 0 Å². The second-order valence-corrected chi connectivity index (χ2v) is 7.65. The number of ether oxygens (including phenoxy) is 2. The van der Waals surface area contributed by atoms with E-state index < -0.39 is 67.1 Å². The van der Waals surface area contributed by atoms with Gasteiger partial charge in [-0.3, -0.25) is 9.59 Å². The summed E-state index contributed by atoms with van der Waals surface area (Å²) in [5, 5.41) is 9.46. The van der Waals surface area contributed by atoms with Crippen LogP contribution in [0.4, 0.5) is 14.0 Å². The van der Waals surface area contributed by atoms with Gasteiger partial charge >= 0.3 is 24.5 Å². The van der Waals surface area contributed by atoms with Gasteiger partial charge in [-0.05, 0) is 25.3 Å². The number of hydroxylamine groups is 2. The number of halogens is 1. The molecule has 1 unspecified atom stereocenters. The monoisotopic (exact) mass is 474 g/mol. The van der Waals surface area contributed by atoms with Crippen LogP contribution in [0, 0.1) is 5.92 Å². The lowest BCUT2D eigenvalue weighted by Crippen LogP contribution is -2.55. The van der Waals surface area contributed by atoms with Gasteiger partial charge in [0.05, 0.1) is 19.2 Å². The summed E-state index contributed by atoms with van der Waals surface area (Å²) in [7, 11) is 0. The predicted octanol–water partition coefficient (Wildman–Crippen LogP) is -0.364. The summed E-state index contributed by atoms with van der Waals surface area (Å²) in [6.07, 6.45) is -2.96. The summed E-state index contributed by atoms with van der Waals surface area (Å²) in [6, 6.07) is -4.40. The number of aliphatic hydroxyl groups excluding tert-OH is 1. The fraction of sp³-hybridized carbons (Fsp3) is 0.632. The molecule has 0 spiro atoms. The van der Waals surface area contributed by atoms with Crippen LogP contribution in [0.1, 0.15) is 27.7 Å². The first-order chi connectivity index (χ1) is 15.5. The van der Waals surface area contributed by atoms with E-state index in [1.807, 2.05) is 0 Å². The summed E-state index contributed by atoms with van der Waals surface area (Å²) in [6.45, 7) is 4.73. The molecule has 5 amide bonds. The Balaban J connectivity index is 2.29. The van der Waals surface area contributed by atoms with Crippen LogP contribution < -0.4 is 5.73 Å². The van der Waals surface area contributed by atoms with E-state index in [4.69, 9.17) is 20.4 Å². The van der Waals surface area contributed by atoms with Crippen molar-refractivity contribution >= 4 is 29.9 Å². The molecule has 2 heterocycles. The molecule has 2 aliphatic rings. The highest BCUT2D eigenvalue weighted by atomic mass is 19.1. The Hall–Kier alpha value is -3.26. The number of carbonyl (C=O) groups is 5. The van der Waals surface area contributed by atoms with E-state index in [0.29, 0.717) is 10.6 Å². The number of urea groups is 1. The summed E-state index contributed by atoms with van der Waals surface area (Å²) in [4.78, 5) is 68.0. The number of alkyl halides is 1. The molecule has 0 aliphatic carbocycles. The number of hydrogen-bond donors (Lipinski definition) is 2. The van der Waals surface area contributed by atoms with Gasteiger partial charge in [0.15, 0.2) is 6.79 Å². The van der Waals surface area contributed by atoms with Gasteiger partial charge in [-0.15, -0.1) is 0 Å². The number of aliphatic hydroxyl groups is 1. The number of hydrogen-bond acceptors (Lipinski definition) is 9. The van der Waals surface area contributed by atoms with Crippen LogP contribution in [-0.2, 0) is 28.7 Å². The van der Waals surface area contributed by atoms with Crippen molar-refractivity contribution < 1.29 is 47.8 Å². The van der Waals surface area contributed by atoms with Crippen molar-refractivity contribution in [2.75, 3.05) is 19.9 Å². The molecule has 0 aromatic heterocycles. The minimum atomic E-state index is -2.92. The van der Waals surface area contributed by atoms with Crippen molar-refractivity contribution in [3.05, 3.63) is 11.6 Å². The Labute approximate surface area is 188 Å². The van der Waals surface area contributed by atoms with Crippen molar-refractivity contribution in [1.82, 2.24) is 14.9 Å². The number of rotatable bonds is 9. The highest BCUT2D eigenvalue weighted by Gasteiger charge is 2.50. The molecule has 13 nitrogen and oxygen atoms in total. The molecular weight excluding hydrogens is 447 g/mol. The third-order valence-electron chi connectivity index (χ3n) is 5.05. The average molecular weight is 474 g/mol. The standard InChI is InChI=1S/C19H27FN4O9/c1-5-31-17(28)12(9(2)3)23(19(30)32-8-25)16(27)14(20)33-24-11-6-10(4)13(15(21)26)22(7-11)18(24)29/h6,9,11-14,25H,5,7-8H2,1-4H3,(H2,21,26)/t11-,12?,13+,14+/m1/s1. The maximum Gasteiger partial charge on any atom is 0.419 e. The summed E-state index contributed by atoms with van der Waals surface area (Å²) in [5.41, 5.74) is 5.77. The van der Waals surface area contributed by atoms with Crippen LogP contribution in [0.25, 0.3) is 0 Å². The largest absolute Gasteiger partial charge is 0.464 e. The van der Waals surface area contributed by atoms with Crippen molar-refractivity contribution in [2.45, 2.75) is 52.2 Å². The van der Waals surface area contributed by atoms with Gasteiger partial charge in [0, 0.05) is 0 Å².